The molecule has 0 amide bonds. The minimum atomic E-state index is 0.753. The number of rotatable bonds is 6. The molecule has 5 heteroatoms. The van der Waals surface area contributed by atoms with E-state index in [1.807, 2.05) is 36.1 Å². The van der Waals surface area contributed by atoms with Gasteiger partial charge in [-0.3, -0.25) is 4.98 Å². The zero-order valence-corrected chi connectivity index (χ0v) is 11.6. The highest BCUT2D eigenvalue weighted by Gasteiger charge is 2.11. The van der Waals surface area contributed by atoms with Crippen molar-refractivity contribution in [3.63, 3.8) is 0 Å². The summed E-state index contributed by atoms with van der Waals surface area (Å²) in [6.07, 6.45) is 5.61. The van der Waals surface area contributed by atoms with Gasteiger partial charge in [-0.25, -0.2) is 4.68 Å². The van der Waals surface area contributed by atoms with Crippen LogP contribution in [0.25, 0.3) is 0 Å². The Morgan fingerprint density at radius 3 is 2.74 bits per heavy atom. The van der Waals surface area contributed by atoms with Gasteiger partial charge in [0.2, 0.25) is 0 Å². The molecule has 102 valence electrons. The highest BCUT2D eigenvalue weighted by molar-refractivity contribution is 5.64. The number of hydrogen-bond acceptors (Lipinski definition) is 4. The molecule has 0 bridgehead atoms. The Morgan fingerprint density at radius 1 is 1.32 bits per heavy atom. The predicted molar refractivity (Wildman–Crippen MR) is 78.1 cm³/mol. The minimum Gasteiger partial charge on any atom is -0.394 e. The van der Waals surface area contributed by atoms with Gasteiger partial charge >= 0.3 is 0 Å². The minimum absolute atomic E-state index is 0.753. The monoisotopic (exact) mass is 259 g/mol. The van der Waals surface area contributed by atoms with Crippen LogP contribution in [0.2, 0.25) is 0 Å². The van der Waals surface area contributed by atoms with Gasteiger partial charge < -0.3 is 11.1 Å². The number of hydrogen-bond donors (Lipinski definition) is 2. The maximum Gasteiger partial charge on any atom is 0.148 e. The summed E-state index contributed by atoms with van der Waals surface area (Å²) in [5.41, 5.74) is 8.96. The molecule has 2 rings (SSSR count). The molecular formula is C14H21N5. The summed E-state index contributed by atoms with van der Waals surface area (Å²) in [7, 11) is 0. The van der Waals surface area contributed by atoms with Crippen molar-refractivity contribution in [3.8, 4) is 0 Å². The van der Waals surface area contributed by atoms with Gasteiger partial charge in [-0.15, -0.1) is 0 Å². The molecule has 3 N–H and O–H groups in total. The average Bonchev–Trinajstić information content (AvgIpc) is 2.68. The number of anilines is 2. The van der Waals surface area contributed by atoms with Gasteiger partial charge in [0.25, 0.3) is 0 Å². The molecule has 0 aliphatic carbocycles. The normalized spacial score (nSPS) is 10.6. The molecule has 5 nitrogen and oxygen atoms in total. The van der Waals surface area contributed by atoms with E-state index in [4.69, 9.17) is 5.73 Å². The fourth-order valence-electron chi connectivity index (χ4n) is 2.03. The van der Waals surface area contributed by atoms with Crippen LogP contribution >= 0.6 is 0 Å². The van der Waals surface area contributed by atoms with Crippen LogP contribution in [0.1, 0.15) is 24.6 Å². The Bertz CT molecular complexity index is 518. The van der Waals surface area contributed by atoms with Gasteiger partial charge in [-0.1, -0.05) is 6.92 Å². The Labute approximate surface area is 113 Å². The summed E-state index contributed by atoms with van der Waals surface area (Å²) >= 11 is 0. The fraction of sp³-hybridized carbons (Fsp3) is 0.429. The van der Waals surface area contributed by atoms with E-state index in [2.05, 4.69) is 22.3 Å². The summed E-state index contributed by atoms with van der Waals surface area (Å²) in [6, 6.07) is 4.05. The van der Waals surface area contributed by atoms with E-state index in [0.717, 1.165) is 43.1 Å². The van der Waals surface area contributed by atoms with Gasteiger partial charge in [0.15, 0.2) is 0 Å². The third-order valence-corrected chi connectivity index (χ3v) is 3.06. The molecule has 19 heavy (non-hydrogen) atoms. The molecule has 0 fully saturated rings. The lowest BCUT2D eigenvalue weighted by Crippen LogP contribution is -2.12. The molecule has 0 aliphatic rings. The summed E-state index contributed by atoms with van der Waals surface area (Å²) in [5.74, 6) is 0.938. The Kier molecular flexibility index (Phi) is 4.39. The Balaban J connectivity index is 1.99. The highest BCUT2D eigenvalue weighted by atomic mass is 15.3. The topological polar surface area (TPSA) is 68.8 Å². The van der Waals surface area contributed by atoms with Crippen molar-refractivity contribution in [1.29, 1.82) is 0 Å². The number of nitrogens with one attached hydrogen (secondary N) is 1. The van der Waals surface area contributed by atoms with Crippen LogP contribution in [-0.2, 0) is 13.0 Å². The van der Waals surface area contributed by atoms with E-state index in [9.17, 15) is 0 Å². The number of aromatic nitrogens is 3. The smallest absolute Gasteiger partial charge is 0.148 e. The second kappa shape index (κ2) is 6.22. The zero-order valence-electron chi connectivity index (χ0n) is 11.6. The molecule has 0 unspecified atom stereocenters. The van der Waals surface area contributed by atoms with Gasteiger partial charge in [0.05, 0.1) is 11.4 Å². The molecule has 0 radical (unpaired) electrons. The number of aryl methyl sites for hydroxylation is 2. The van der Waals surface area contributed by atoms with Crippen LogP contribution in [0.5, 0.6) is 0 Å². The molecule has 0 aromatic carbocycles. The first-order valence-corrected chi connectivity index (χ1v) is 6.68. The fourth-order valence-corrected chi connectivity index (χ4v) is 2.03. The summed E-state index contributed by atoms with van der Waals surface area (Å²) in [4.78, 5) is 4.01. The number of nitrogens with two attached hydrogens (primary N) is 1. The number of pyridine rings is 1. The summed E-state index contributed by atoms with van der Waals surface area (Å²) in [5, 5.41) is 7.84. The first-order chi connectivity index (χ1) is 9.22. The van der Waals surface area contributed by atoms with Gasteiger partial charge in [-0.05, 0) is 37.5 Å². The largest absolute Gasteiger partial charge is 0.394 e. The Hall–Kier alpha value is -2.04. The number of nitrogens with zero attached hydrogens (tertiary/aromatic N) is 3. The van der Waals surface area contributed by atoms with Crippen molar-refractivity contribution in [2.45, 2.75) is 33.2 Å². The molecular weight excluding hydrogens is 238 g/mol. The van der Waals surface area contributed by atoms with Gasteiger partial charge in [-0.2, -0.15) is 5.10 Å². The van der Waals surface area contributed by atoms with Crippen molar-refractivity contribution in [2.24, 2.45) is 0 Å². The van der Waals surface area contributed by atoms with E-state index in [1.165, 1.54) is 5.56 Å². The van der Waals surface area contributed by atoms with E-state index in [-0.39, 0.29) is 0 Å². The maximum atomic E-state index is 6.06. The quantitative estimate of drug-likeness (QED) is 0.834. The van der Waals surface area contributed by atoms with E-state index in [0.29, 0.717) is 0 Å². The molecule has 0 aliphatic heterocycles. The molecule has 0 spiro atoms. The van der Waals surface area contributed by atoms with Crippen LogP contribution in [0.15, 0.2) is 24.5 Å². The molecule has 2 aromatic heterocycles. The molecule has 2 aromatic rings. The van der Waals surface area contributed by atoms with E-state index in [1.54, 1.807) is 0 Å². The average molecular weight is 259 g/mol. The van der Waals surface area contributed by atoms with Crippen LogP contribution in [-0.4, -0.2) is 21.3 Å². The van der Waals surface area contributed by atoms with E-state index < -0.39 is 0 Å². The lowest BCUT2D eigenvalue weighted by Gasteiger charge is -2.10. The van der Waals surface area contributed by atoms with Crippen molar-refractivity contribution in [2.75, 3.05) is 17.6 Å². The van der Waals surface area contributed by atoms with Crippen molar-refractivity contribution < 1.29 is 0 Å². The van der Waals surface area contributed by atoms with E-state index >= 15 is 0 Å². The van der Waals surface area contributed by atoms with Crippen molar-refractivity contribution in [1.82, 2.24) is 14.8 Å². The Morgan fingerprint density at radius 2 is 2.05 bits per heavy atom. The van der Waals surface area contributed by atoms with Gasteiger partial charge in [0, 0.05) is 25.5 Å². The third kappa shape index (κ3) is 3.24. The molecule has 2 heterocycles. The first-order valence-electron chi connectivity index (χ1n) is 6.68. The molecule has 0 saturated heterocycles. The summed E-state index contributed by atoms with van der Waals surface area (Å²) < 4.78 is 1.96. The van der Waals surface area contributed by atoms with Crippen LogP contribution in [0.3, 0.4) is 0 Å². The van der Waals surface area contributed by atoms with Gasteiger partial charge in [0.1, 0.15) is 5.82 Å². The van der Waals surface area contributed by atoms with Crippen molar-refractivity contribution >= 4 is 11.5 Å². The predicted octanol–water partition coefficient (Wildman–Crippen LogP) is 2.23. The second-order valence-electron chi connectivity index (χ2n) is 4.60. The SMILES string of the molecule is CCCn1nc(C)c(N)c1NCCc1ccncc1. The molecule has 0 saturated carbocycles. The third-order valence-electron chi connectivity index (χ3n) is 3.06. The molecule has 0 atom stereocenters. The lowest BCUT2D eigenvalue weighted by molar-refractivity contribution is 0.603. The number of nitrogen functional groups attached to an aromatic ring is 1. The van der Waals surface area contributed by atoms with Crippen LogP contribution < -0.4 is 11.1 Å². The summed E-state index contributed by atoms with van der Waals surface area (Å²) in [6.45, 7) is 5.79. The second-order valence-corrected chi connectivity index (χ2v) is 4.60. The standard InChI is InChI=1S/C14H21N5/c1-3-10-19-14(13(15)11(2)18-19)17-9-6-12-4-7-16-8-5-12/h4-5,7-8,17H,3,6,9-10,15H2,1-2H3. The van der Waals surface area contributed by atoms with Crippen LogP contribution in [0, 0.1) is 6.92 Å². The lowest BCUT2D eigenvalue weighted by atomic mass is 10.2. The zero-order chi connectivity index (χ0) is 13.7. The maximum absolute atomic E-state index is 6.06. The highest BCUT2D eigenvalue weighted by Crippen LogP contribution is 2.22. The first kappa shape index (κ1) is 13.4. The van der Waals surface area contributed by atoms with Crippen molar-refractivity contribution in [3.05, 3.63) is 35.8 Å². The van der Waals surface area contributed by atoms with Crippen LogP contribution in [0.4, 0.5) is 11.5 Å².